The van der Waals surface area contributed by atoms with Gasteiger partial charge in [0.25, 0.3) is 0 Å². The second-order valence-corrected chi connectivity index (χ2v) is 9.54. The van der Waals surface area contributed by atoms with Crippen LogP contribution in [0.4, 0.5) is 0 Å². The van der Waals surface area contributed by atoms with Crippen molar-refractivity contribution in [1.82, 2.24) is 0 Å². The normalized spacial score (nSPS) is 12.2. The van der Waals surface area contributed by atoms with Gasteiger partial charge in [-0.2, -0.15) is 0 Å². The van der Waals surface area contributed by atoms with Gasteiger partial charge in [-0.15, -0.1) is 12.6 Å². The summed E-state index contributed by atoms with van der Waals surface area (Å²) in [7, 11) is -0.601. The minimum absolute atomic E-state index is 0.601. The Morgan fingerprint density at radius 3 is 1.96 bits per heavy atom. The van der Waals surface area contributed by atoms with Gasteiger partial charge in [-0.05, 0) is 87.3 Å². The van der Waals surface area contributed by atoms with E-state index in [0.717, 1.165) is 4.90 Å². The number of thiol groups is 1. The SMILES string of the molecule is Cc1cc(C)cc(P(c2ccccc2C)c2cc(S)cc(C)c2C)c1. The monoisotopic (exact) mass is 364 g/mol. The summed E-state index contributed by atoms with van der Waals surface area (Å²) < 4.78 is 0. The summed E-state index contributed by atoms with van der Waals surface area (Å²) in [4.78, 5) is 1.04. The van der Waals surface area contributed by atoms with E-state index in [4.69, 9.17) is 0 Å². The molecule has 3 aromatic rings. The van der Waals surface area contributed by atoms with E-state index < -0.39 is 7.92 Å². The number of hydrogen-bond donors (Lipinski definition) is 1. The first kappa shape index (κ1) is 18.2. The van der Waals surface area contributed by atoms with E-state index in [1.807, 2.05) is 0 Å². The molecule has 3 aromatic carbocycles. The van der Waals surface area contributed by atoms with Gasteiger partial charge in [0.1, 0.15) is 0 Å². The van der Waals surface area contributed by atoms with Gasteiger partial charge in [0.2, 0.25) is 0 Å². The van der Waals surface area contributed by atoms with E-state index in [2.05, 4.69) is 102 Å². The van der Waals surface area contributed by atoms with E-state index in [1.165, 1.54) is 43.7 Å². The molecule has 0 spiro atoms. The van der Waals surface area contributed by atoms with Crippen LogP contribution in [0.5, 0.6) is 0 Å². The van der Waals surface area contributed by atoms with Crippen LogP contribution >= 0.6 is 20.6 Å². The maximum atomic E-state index is 4.67. The van der Waals surface area contributed by atoms with Crippen molar-refractivity contribution < 1.29 is 0 Å². The molecule has 0 heterocycles. The van der Waals surface area contributed by atoms with E-state index in [0.29, 0.717) is 0 Å². The summed E-state index contributed by atoms with van der Waals surface area (Å²) >= 11 is 4.67. The molecule has 0 aliphatic rings. The molecule has 0 saturated heterocycles. The standard InChI is InChI=1S/C23H25PS/c1-15-10-16(2)12-20(11-15)24(22-9-7-6-8-17(22)3)23-14-21(25)13-18(4)19(23)5/h6-14,25H,1-5H3. The summed E-state index contributed by atoms with van der Waals surface area (Å²) in [5.74, 6) is 0. The van der Waals surface area contributed by atoms with Crippen molar-refractivity contribution in [2.75, 3.05) is 0 Å². The summed E-state index contributed by atoms with van der Waals surface area (Å²) in [6.07, 6.45) is 0. The highest BCUT2D eigenvalue weighted by Gasteiger charge is 2.21. The van der Waals surface area contributed by atoms with Crippen molar-refractivity contribution >= 4 is 36.5 Å². The quantitative estimate of drug-likeness (QED) is 0.475. The molecule has 0 bridgehead atoms. The van der Waals surface area contributed by atoms with Gasteiger partial charge in [0.15, 0.2) is 0 Å². The molecule has 0 amide bonds. The molecular weight excluding hydrogens is 339 g/mol. The second-order valence-electron chi connectivity index (χ2n) is 6.87. The van der Waals surface area contributed by atoms with Gasteiger partial charge in [0, 0.05) is 4.90 Å². The summed E-state index contributed by atoms with van der Waals surface area (Å²) in [5, 5.41) is 4.27. The third-order valence-corrected chi connectivity index (χ3v) is 7.65. The lowest BCUT2D eigenvalue weighted by Crippen LogP contribution is -2.25. The topological polar surface area (TPSA) is 0 Å². The van der Waals surface area contributed by atoms with Crippen LogP contribution in [0.25, 0.3) is 0 Å². The molecule has 0 nitrogen and oxygen atoms in total. The van der Waals surface area contributed by atoms with Crippen LogP contribution in [0.1, 0.15) is 27.8 Å². The van der Waals surface area contributed by atoms with Gasteiger partial charge >= 0.3 is 0 Å². The molecule has 0 aliphatic carbocycles. The molecule has 25 heavy (non-hydrogen) atoms. The first-order valence-corrected chi connectivity index (χ1v) is 10.4. The van der Waals surface area contributed by atoms with Crippen LogP contribution in [-0.2, 0) is 0 Å². The maximum Gasteiger partial charge on any atom is 0.00493 e. The van der Waals surface area contributed by atoms with Gasteiger partial charge < -0.3 is 0 Å². The third kappa shape index (κ3) is 3.84. The molecule has 0 N–H and O–H groups in total. The summed E-state index contributed by atoms with van der Waals surface area (Å²) in [6, 6.07) is 20.2. The van der Waals surface area contributed by atoms with E-state index >= 15 is 0 Å². The number of aryl methyl sites for hydroxylation is 4. The smallest absolute Gasteiger partial charge is 0.00493 e. The number of rotatable bonds is 3. The Morgan fingerprint density at radius 1 is 0.680 bits per heavy atom. The lowest BCUT2D eigenvalue weighted by Gasteiger charge is -2.25. The van der Waals surface area contributed by atoms with Crippen LogP contribution in [0.2, 0.25) is 0 Å². The van der Waals surface area contributed by atoms with Crippen molar-refractivity contribution in [1.29, 1.82) is 0 Å². The van der Waals surface area contributed by atoms with Crippen LogP contribution in [0, 0.1) is 34.6 Å². The summed E-state index contributed by atoms with van der Waals surface area (Å²) in [5.41, 5.74) is 6.70. The molecular formula is C23H25PS. The van der Waals surface area contributed by atoms with Gasteiger partial charge in [-0.25, -0.2) is 0 Å². The van der Waals surface area contributed by atoms with Crippen molar-refractivity contribution in [3.63, 3.8) is 0 Å². The molecule has 0 aliphatic heterocycles. The zero-order chi connectivity index (χ0) is 18.1. The first-order valence-electron chi connectivity index (χ1n) is 8.61. The predicted octanol–water partition coefficient (Wildman–Crippen LogP) is 5.28. The largest absolute Gasteiger partial charge is 0.143 e. The van der Waals surface area contributed by atoms with Gasteiger partial charge in [0.05, 0.1) is 0 Å². The molecule has 1 atom stereocenters. The summed E-state index contributed by atoms with van der Waals surface area (Å²) in [6.45, 7) is 11.0. The van der Waals surface area contributed by atoms with Crippen molar-refractivity contribution in [2.45, 2.75) is 39.5 Å². The average molecular weight is 364 g/mol. The molecule has 3 rings (SSSR count). The minimum Gasteiger partial charge on any atom is -0.143 e. The number of hydrogen-bond acceptors (Lipinski definition) is 1. The van der Waals surface area contributed by atoms with Crippen molar-refractivity contribution in [2.24, 2.45) is 0 Å². The lowest BCUT2D eigenvalue weighted by atomic mass is 10.1. The molecule has 2 heteroatoms. The first-order chi connectivity index (χ1) is 11.9. The molecule has 128 valence electrons. The maximum absolute atomic E-state index is 4.67. The molecule has 0 fully saturated rings. The van der Waals surface area contributed by atoms with E-state index in [-0.39, 0.29) is 0 Å². The highest BCUT2D eigenvalue weighted by Crippen LogP contribution is 2.37. The Balaban J connectivity index is 2.32. The fourth-order valence-electron chi connectivity index (χ4n) is 3.36. The van der Waals surface area contributed by atoms with Crippen LogP contribution in [-0.4, -0.2) is 0 Å². The zero-order valence-electron chi connectivity index (χ0n) is 15.6. The fraction of sp³-hybridized carbons (Fsp3) is 0.217. The highest BCUT2D eigenvalue weighted by molar-refractivity contribution is 7.81. The molecule has 0 radical (unpaired) electrons. The zero-order valence-corrected chi connectivity index (χ0v) is 17.4. The van der Waals surface area contributed by atoms with Crippen molar-refractivity contribution in [3.8, 4) is 0 Å². The third-order valence-electron chi connectivity index (χ3n) is 4.69. The fourth-order valence-corrected chi connectivity index (χ4v) is 6.70. The van der Waals surface area contributed by atoms with Crippen LogP contribution in [0.15, 0.2) is 59.5 Å². The van der Waals surface area contributed by atoms with Gasteiger partial charge in [-0.1, -0.05) is 53.6 Å². The Bertz CT molecular complexity index is 907. The minimum atomic E-state index is -0.601. The highest BCUT2D eigenvalue weighted by atomic mass is 32.1. The van der Waals surface area contributed by atoms with Gasteiger partial charge in [-0.3, -0.25) is 0 Å². The Hall–Kier alpha value is -1.56. The Kier molecular flexibility index (Phi) is 5.37. The lowest BCUT2D eigenvalue weighted by molar-refractivity contribution is 1.31. The molecule has 0 aromatic heterocycles. The van der Waals surface area contributed by atoms with Crippen LogP contribution in [0.3, 0.4) is 0 Å². The average Bonchev–Trinajstić information content (AvgIpc) is 2.53. The predicted molar refractivity (Wildman–Crippen MR) is 116 cm³/mol. The van der Waals surface area contributed by atoms with E-state index in [9.17, 15) is 0 Å². The van der Waals surface area contributed by atoms with E-state index in [1.54, 1.807) is 0 Å². The second kappa shape index (κ2) is 7.36. The molecule has 1 unspecified atom stereocenters. The Morgan fingerprint density at radius 2 is 1.32 bits per heavy atom. The van der Waals surface area contributed by atoms with Crippen LogP contribution < -0.4 is 15.9 Å². The molecule has 0 saturated carbocycles. The number of benzene rings is 3. The Labute approximate surface area is 158 Å². The van der Waals surface area contributed by atoms with Crippen molar-refractivity contribution in [3.05, 3.63) is 82.4 Å².